The topological polar surface area (TPSA) is 12.4 Å². The molecule has 1 aliphatic carbocycles. The number of aryl methyl sites for hydroxylation is 2. The van der Waals surface area contributed by atoms with E-state index in [1.54, 1.807) is 0 Å². The van der Waals surface area contributed by atoms with Gasteiger partial charge >= 0.3 is 0 Å². The van der Waals surface area contributed by atoms with E-state index in [0.29, 0.717) is 0 Å². The van der Waals surface area contributed by atoms with Crippen LogP contribution in [0.3, 0.4) is 0 Å². The van der Waals surface area contributed by atoms with E-state index < -0.39 is 0 Å². The maximum Gasteiger partial charge on any atom is 0.0687 e. The second kappa shape index (κ2) is 6.72. The van der Waals surface area contributed by atoms with E-state index in [1.165, 1.54) is 73.9 Å². The monoisotopic (exact) mass is 243 g/mol. The summed E-state index contributed by atoms with van der Waals surface area (Å²) < 4.78 is 0. The van der Waals surface area contributed by atoms with Crippen molar-refractivity contribution in [1.82, 2.24) is 0 Å². The van der Waals surface area contributed by atoms with E-state index in [1.807, 2.05) is 0 Å². The first-order chi connectivity index (χ1) is 8.77. The first-order valence-electron chi connectivity index (χ1n) is 7.40. The van der Waals surface area contributed by atoms with Gasteiger partial charge in [0, 0.05) is 5.71 Å². The standard InChI is InChI=1S/C17H25N/c1-14-10-9-11-15(2)17(14)18-16-12-7-5-3-4-6-8-13-16/h9-11H,3-8,12-13H2,1-2H3. The Morgan fingerprint density at radius 3 is 1.83 bits per heavy atom. The van der Waals surface area contributed by atoms with Crippen LogP contribution in [-0.2, 0) is 0 Å². The SMILES string of the molecule is Cc1cccc(C)c1N=C1CCCCCCCC1. The number of rotatable bonds is 1. The third kappa shape index (κ3) is 3.69. The molecular weight excluding hydrogens is 218 g/mol. The molecule has 0 radical (unpaired) electrons. The van der Waals surface area contributed by atoms with Gasteiger partial charge in [-0.3, -0.25) is 4.99 Å². The molecule has 0 unspecified atom stereocenters. The molecule has 1 aliphatic rings. The molecule has 0 atom stereocenters. The molecule has 0 amide bonds. The van der Waals surface area contributed by atoms with E-state index in [9.17, 15) is 0 Å². The van der Waals surface area contributed by atoms with Crippen LogP contribution >= 0.6 is 0 Å². The van der Waals surface area contributed by atoms with Crippen molar-refractivity contribution >= 4 is 11.4 Å². The number of benzene rings is 1. The largest absolute Gasteiger partial charge is 0.257 e. The highest BCUT2D eigenvalue weighted by molar-refractivity contribution is 5.87. The molecule has 98 valence electrons. The highest BCUT2D eigenvalue weighted by atomic mass is 14.8. The predicted molar refractivity (Wildman–Crippen MR) is 79.9 cm³/mol. The first-order valence-corrected chi connectivity index (χ1v) is 7.40. The predicted octanol–water partition coefficient (Wildman–Crippen LogP) is 5.51. The maximum atomic E-state index is 4.98. The van der Waals surface area contributed by atoms with Gasteiger partial charge in [0.25, 0.3) is 0 Å². The van der Waals surface area contributed by atoms with Crippen molar-refractivity contribution in [3.05, 3.63) is 29.3 Å². The smallest absolute Gasteiger partial charge is 0.0687 e. The molecule has 0 aromatic heterocycles. The summed E-state index contributed by atoms with van der Waals surface area (Å²) in [7, 11) is 0. The van der Waals surface area contributed by atoms with Crippen molar-refractivity contribution in [2.24, 2.45) is 4.99 Å². The zero-order valence-corrected chi connectivity index (χ0v) is 11.8. The summed E-state index contributed by atoms with van der Waals surface area (Å²) in [5, 5.41) is 0. The lowest BCUT2D eigenvalue weighted by Gasteiger charge is -2.09. The normalized spacial score (nSPS) is 17.8. The van der Waals surface area contributed by atoms with Gasteiger partial charge in [-0.2, -0.15) is 0 Å². The van der Waals surface area contributed by atoms with Crippen LogP contribution in [0.25, 0.3) is 0 Å². The fourth-order valence-electron chi connectivity index (χ4n) is 2.74. The maximum absolute atomic E-state index is 4.98. The van der Waals surface area contributed by atoms with Gasteiger partial charge in [0.2, 0.25) is 0 Å². The third-order valence-electron chi connectivity index (χ3n) is 3.89. The molecule has 0 heterocycles. The minimum atomic E-state index is 1.20. The van der Waals surface area contributed by atoms with Crippen LogP contribution in [0.2, 0.25) is 0 Å². The second-order valence-corrected chi connectivity index (χ2v) is 5.54. The van der Waals surface area contributed by atoms with Crippen molar-refractivity contribution in [3.63, 3.8) is 0 Å². The molecule has 2 rings (SSSR count). The van der Waals surface area contributed by atoms with Gasteiger partial charge in [-0.25, -0.2) is 0 Å². The summed E-state index contributed by atoms with van der Waals surface area (Å²) in [5.74, 6) is 0. The Bertz CT molecular complexity index is 385. The zero-order chi connectivity index (χ0) is 12.8. The van der Waals surface area contributed by atoms with Gasteiger partial charge in [-0.15, -0.1) is 0 Å². The van der Waals surface area contributed by atoms with E-state index in [2.05, 4.69) is 32.0 Å². The number of nitrogens with zero attached hydrogens (tertiary/aromatic N) is 1. The highest BCUT2D eigenvalue weighted by Crippen LogP contribution is 2.25. The molecule has 0 aliphatic heterocycles. The van der Waals surface area contributed by atoms with Crippen LogP contribution in [0, 0.1) is 13.8 Å². The van der Waals surface area contributed by atoms with Crippen LogP contribution in [0.1, 0.15) is 62.5 Å². The van der Waals surface area contributed by atoms with E-state index >= 15 is 0 Å². The molecule has 1 nitrogen and oxygen atoms in total. The Kier molecular flexibility index (Phi) is 4.98. The number of aliphatic imine (C=N–C) groups is 1. The Hall–Kier alpha value is -1.11. The fourth-order valence-corrected chi connectivity index (χ4v) is 2.74. The summed E-state index contributed by atoms with van der Waals surface area (Å²) in [6.45, 7) is 4.34. The lowest BCUT2D eigenvalue weighted by molar-refractivity contribution is 0.624. The summed E-state index contributed by atoms with van der Waals surface area (Å²) in [5.41, 5.74) is 5.26. The van der Waals surface area contributed by atoms with Crippen LogP contribution in [0.5, 0.6) is 0 Å². The fraction of sp³-hybridized carbons (Fsp3) is 0.588. The summed E-state index contributed by atoms with van der Waals surface area (Å²) in [6.07, 6.45) is 10.6. The Balaban J connectivity index is 2.18. The summed E-state index contributed by atoms with van der Waals surface area (Å²) >= 11 is 0. The van der Waals surface area contributed by atoms with Gasteiger partial charge in [0.05, 0.1) is 5.69 Å². The Morgan fingerprint density at radius 2 is 1.28 bits per heavy atom. The van der Waals surface area contributed by atoms with Crippen molar-refractivity contribution in [1.29, 1.82) is 0 Å². The molecule has 0 N–H and O–H groups in total. The van der Waals surface area contributed by atoms with Gasteiger partial charge in [0.1, 0.15) is 0 Å². The molecule has 1 heteroatoms. The van der Waals surface area contributed by atoms with Crippen LogP contribution in [0.4, 0.5) is 5.69 Å². The minimum Gasteiger partial charge on any atom is -0.257 e. The first kappa shape index (κ1) is 13.3. The van der Waals surface area contributed by atoms with Crippen molar-refractivity contribution in [2.45, 2.75) is 65.2 Å². The van der Waals surface area contributed by atoms with Gasteiger partial charge < -0.3 is 0 Å². The number of para-hydroxylation sites is 1. The molecular formula is C17H25N. The van der Waals surface area contributed by atoms with Crippen LogP contribution in [-0.4, -0.2) is 5.71 Å². The van der Waals surface area contributed by atoms with Crippen molar-refractivity contribution < 1.29 is 0 Å². The second-order valence-electron chi connectivity index (χ2n) is 5.54. The minimum absolute atomic E-state index is 1.20. The quantitative estimate of drug-likeness (QED) is 0.616. The Morgan fingerprint density at radius 1 is 0.778 bits per heavy atom. The molecule has 18 heavy (non-hydrogen) atoms. The highest BCUT2D eigenvalue weighted by Gasteiger charge is 2.06. The lowest BCUT2D eigenvalue weighted by Crippen LogP contribution is -1.98. The van der Waals surface area contributed by atoms with Crippen molar-refractivity contribution in [3.8, 4) is 0 Å². The average Bonchev–Trinajstić information content (AvgIpc) is 2.48. The molecule has 1 saturated carbocycles. The van der Waals surface area contributed by atoms with Gasteiger partial charge in [-0.05, 0) is 50.7 Å². The molecule has 1 aromatic carbocycles. The summed E-state index contributed by atoms with van der Waals surface area (Å²) in [6, 6.07) is 6.46. The third-order valence-corrected chi connectivity index (χ3v) is 3.89. The molecule has 1 aromatic rings. The van der Waals surface area contributed by atoms with Gasteiger partial charge in [0.15, 0.2) is 0 Å². The lowest BCUT2D eigenvalue weighted by atomic mass is 10.1. The molecule has 0 saturated heterocycles. The molecule has 0 bridgehead atoms. The summed E-state index contributed by atoms with van der Waals surface area (Å²) in [4.78, 5) is 4.98. The van der Waals surface area contributed by atoms with E-state index in [-0.39, 0.29) is 0 Å². The Labute approximate surface area is 111 Å². The van der Waals surface area contributed by atoms with E-state index in [0.717, 1.165) is 0 Å². The van der Waals surface area contributed by atoms with Crippen LogP contribution < -0.4 is 0 Å². The van der Waals surface area contributed by atoms with Gasteiger partial charge in [-0.1, -0.05) is 43.9 Å². The zero-order valence-electron chi connectivity index (χ0n) is 11.8. The van der Waals surface area contributed by atoms with E-state index in [4.69, 9.17) is 4.99 Å². The van der Waals surface area contributed by atoms with Crippen LogP contribution in [0.15, 0.2) is 23.2 Å². The number of hydrogen-bond acceptors (Lipinski definition) is 1. The number of hydrogen-bond donors (Lipinski definition) is 0. The molecule has 1 fully saturated rings. The van der Waals surface area contributed by atoms with Crippen molar-refractivity contribution in [2.75, 3.05) is 0 Å². The average molecular weight is 243 g/mol. The molecule has 0 spiro atoms.